The van der Waals surface area contributed by atoms with E-state index in [0.717, 1.165) is 31.5 Å². The van der Waals surface area contributed by atoms with E-state index < -0.39 is 0 Å². The zero-order valence-electron chi connectivity index (χ0n) is 7.93. The summed E-state index contributed by atoms with van der Waals surface area (Å²) in [6, 6.07) is 0. The number of aliphatic hydroxyl groups is 1. The van der Waals surface area contributed by atoms with Gasteiger partial charge in [0.25, 0.3) is 0 Å². The summed E-state index contributed by atoms with van der Waals surface area (Å²) in [5.41, 5.74) is 0. The Balaban J connectivity index is 2.05. The molecule has 4 nitrogen and oxygen atoms in total. The van der Waals surface area contributed by atoms with Crippen LogP contribution in [0.25, 0.3) is 0 Å². The van der Waals surface area contributed by atoms with Crippen molar-refractivity contribution in [1.82, 2.24) is 9.97 Å². The predicted molar refractivity (Wildman–Crippen MR) is 50.9 cm³/mol. The van der Waals surface area contributed by atoms with Gasteiger partial charge in [-0.15, -0.1) is 0 Å². The van der Waals surface area contributed by atoms with Gasteiger partial charge < -0.3 is 10.2 Å². The highest BCUT2D eigenvalue weighted by Gasteiger charge is 2.22. The van der Waals surface area contributed by atoms with Gasteiger partial charge in [0, 0.05) is 5.92 Å². The number of hydrogen-bond acceptors (Lipinski definition) is 4. The third-order valence-electron chi connectivity index (χ3n) is 2.72. The van der Waals surface area contributed by atoms with Crippen LogP contribution in [-0.4, -0.2) is 26.3 Å². The molecule has 0 atom stereocenters. The summed E-state index contributed by atoms with van der Waals surface area (Å²) in [5, 5.41) is 18.4. The van der Waals surface area contributed by atoms with Crippen molar-refractivity contribution in [3.8, 4) is 5.75 Å². The summed E-state index contributed by atoms with van der Waals surface area (Å²) in [7, 11) is 0. The lowest BCUT2D eigenvalue weighted by Crippen LogP contribution is -2.18. The van der Waals surface area contributed by atoms with Crippen LogP contribution < -0.4 is 0 Å². The van der Waals surface area contributed by atoms with Gasteiger partial charge in [-0.2, -0.15) is 0 Å². The number of aromatic nitrogens is 2. The zero-order valence-corrected chi connectivity index (χ0v) is 7.93. The van der Waals surface area contributed by atoms with E-state index in [0.29, 0.717) is 5.92 Å². The molecular weight excluding hydrogens is 180 g/mol. The van der Waals surface area contributed by atoms with Crippen molar-refractivity contribution in [2.75, 3.05) is 0 Å². The van der Waals surface area contributed by atoms with Gasteiger partial charge in [0.2, 0.25) is 0 Å². The van der Waals surface area contributed by atoms with Crippen LogP contribution in [0.5, 0.6) is 5.75 Å². The van der Waals surface area contributed by atoms with Gasteiger partial charge in [0.15, 0.2) is 5.75 Å². The van der Waals surface area contributed by atoms with Gasteiger partial charge in [0.05, 0.1) is 18.5 Å². The van der Waals surface area contributed by atoms with Crippen LogP contribution in [0.4, 0.5) is 0 Å². The minimum Gasteiger partial charge on any atom is -0.505 e. The molecule has 1 aromatic heterocycles. The highest BCUT2D eigenvalue weighted by Crippen LogP contribution is 2.30. The third-order valence-corrected chi connectivity index (χ3v) is 2.72. The molecule has 76 valence electrons. The molecule has 2 rings (SSSR count). The molecule has 0 unspecified atom stereocenters. The third kappa shape index (κ3) is 2.01. The van der Waals surface area contributed by atoms with Crippen molar-refractivity contribution in [3.63, 3.8) is 0 Å². The Bertz CT molecular complexity index is 291. The summed E-state index contributed by atoms with van der Waals surface area (Å²) in [4.78, 5) is 8.17. The molecule has 0 bridgehead atoms. The standard InChI is InChI=1S/C10H14N2O2/c13-8-3-1-7(2-4-8)10-11-5-9(14)6-12-10/h5-8,13-14H,1-4H2. The Labute approximate surface area is 82.6 Å². The Morgan fingerprint density at radius 1 is 1.07 bits per heavy atom. The fraction of sp³-hybridized carbons (Fsp3) is 0.600. The molecule has 1 aliphatic rings. The van der Waals surface area contributed by atoms with E-state index >= 15 is 0 Å². The molecule has 1 aromatic rings. The summed E-state index contributed by atoms with van der Waals surface area (Å²) in [6.45, 7) is 0. The van der Waals surface area contributed by atoms with Crippen molar-refractivity contribution in [2.24, 2.45) is 0 Å². The van der Waals surface area contributed by atoms with Gasteiger partial charge in [-0.05, 0) is 25.7 Å². The second-order valence-electron chi connectivity index (χ2n) is 3.80. The predicted octanol–water partition coefficient (Wildman–Crippen LogP) is 1.20. The molecule has 0 spiro atoms. The molecule has 0 radical (unpaired) electrons. The van der Waals surface area contributed by atoms with Crippen molar-refractivity contribution in [1.29, 1.82) is 0 Å². The lowest BCUT2D eigenvalue weighted by molar-refractivity contribution is 0.121. The maximum absolute atomic E-state index is 9.34. The Kier molecular flexibility index (Phi) is 2.63. The minimum absolute atomic E-state index is 0.101. The van der Waals surface area contributed by atoms with Crippen LogP contribution in [0.1, 0.15) is 37.4 Å². The molecule has 1 saturated carbocycles. The Morgan fingerprint density at radius 3 is 2.21 bits per heavy atom. The number of nitrogens with zero attached hydrogens (tertiary/aromatic N) is 2. The van der Waals surface area contributed by atoms with Crippen molar-refractivity contribution in [2.45, 2.75) is 37.7 Å². The highest BCUT2D eigenvalue weighted by atomic mass is 16.3. The van der Waals surface area contributed by atoms with Crippen LogP contribution in [0.3, 0.4) is 0 Å². The minimum atomic E-state index is -0.150. The van der Waals surface area contributed by atoms with E-state index in [2.05, 4.69) is 9.97 Å². The highest BCUT2D eigenvalue weighted by molar-refractivity contribution is 5.11. The fourth-order valence-electron chi connectivity index (χ4n) is 1.88. The summed E-state index contributed by atoms with van der Waals surface area (Å²) < 4.78 is 0. The molecular formula is C10H14N2O2. The van der Waals surface area contributed by atoms with Crippen molar-refractivity contribution < 1.29 is 10.2 Å². The molecule has 14 heavy (non-hydrogen) atoms. The van der Waals surface area contributed by atoms with Crippen LogP contribution in [0.15, 0.2) is 12.4 Å². The lowest BCUT2D eigenvalue weighted by Gasteiger charge is -2.23. The van der Waals surface area contributed by atoms with E-state index in [1.54, 1.807) is 0 Å². The van der Waals surface area contributed by atoms with Crippen LogP contribution in [-0.2, 0) is 0 Å². The normalized spacial score (nSPS) is 27.5. The molecule has 0 saturated heterocycles. The van der Waals surface area contributed by atoms with Crippen LogP contribution >= 0.6 is 0 Å². The molecule has 1 heterocycles. The maximum atomic E-state index is 9.34. The van der Waals surface area contributed by atoms with Crippen LogP contribution in [0, 0.1) is 0 Å². The van der Waals surface area contributed by atoms with Gasteiger partial charge in [0.1, 0.15) is 5.82 Å². The molecule has 2 N–H and O–H groups in total. The molecule has 0 aliphatic heterocycles. The van der Waals surface area contributed by atoms with E-state index in [9.17, 15) is 5.11 Å². The summed E-state index contributed by atoms with van der Waals surface area (Å²) >= 11 is 0. The fourth-order valence-corrected chi connectivity index (χ4v) is 1.88. The van der Waals surface area contributed by atoms with Gasteiger partial charge >= 0.3 is 0 Å². The molecule has 1 fully saturated rings. The maximum Gasteiger partial charge on any atom is 0.152 e. The average molecular weight is 194 g/mol. The van der Waals surface area contributed by atoms with Crippen molar-refractivity contribution >= 4 is 0 Å². The summed E-state index contributed by atoms with van der Waals surface area (Å²) in [6.07, 6.45) is 6.23. The first-order chi connectivity index (χ1) is 6.75. The van der Waals surface area contributed by atoms with Gasteiger partial charge in [-0.25, -0.2) is 9.97 Å². The Morgan fingerprint density at radius 2 is 1.64 bits per heavy atom. The monoisotopic (exact) mass is 194 g/mol. The molecule has 0 amide bonds. The smallest absolute Gasteiger partial charge is 0.152 e. The first kappa shape index (κ1) is 9.40. The quantitative estimate of drug-likeness (QED) is 0.705. The largest absolute Gasteiger partial charge is 0.505 e. The van der Waals surface area contributed by atoms with E-state index in [1.165, 1.54) is 12.4 Å². The first-order valence-electron chi connectivity index (χ1n) is 4.94. The SMILES string of the molecule is Oc1cnc(C2CCC(O)CC2)nc1. The Hall–Kier alpha value is -1.16. The molecule has 4 heteroatoms. The number of aromatic hydroxyl groups is 1. The van der Waals surface area contributed by atoms with Crippen molar-refractivity contribution in [3.05, 3.63) is 18.2 Å². The van der Waals surface area contributed by atoms with E-state index in [-0.39, 0.29) is 11.9 Å². The first-order valence-corrected chi connectivity index (χ1v) is 4.94. The second-order valence-corrected chi connectivity index (χ2v) is 3.80. The van der Waals surface area contributed by atoms with E-state index in [4.69, 9.17) is 5.11 Å². The van der Waals surface area contributed by atoms with Crippen LogP contribution in [0.2, 0.25) is 0 Å². The van der Waals surface area contributed by atoms with E-state index in [1.807, 2.05) is 0 Å². The molecule has 0 aromatic carbocycles. The van der Waals surface area contributed by atoms with Gasteiger partial charge in [-0.3, -0.25) is 0 Å². The topological polar surface area (TPSA) is 66.2 Å². The second kappa shape index (κ2) is 3.92. The molecule has 1 aliphatic carbocycles. The number of hydrogen-bond donors (Lipinski definition) is 2. The number of rotatable bonds is 1. The average Bonchev–Trinajstić information content (AvgIpc) is 2.21. The lowest BCUT2D eigenvalue weighted by atomic mass is 9.87. The summed E-state index contributed by atoms with van der Waals surface area (Å²) in [5.74, 6) is 1.23. The number of aliphatic hydroxyl groups excluding tert-OH is 1. The zero-order chi connectivity index (χ0) is 9.97. The van der Waals surface area contributed by atoms with Gasteiger partial charge in [-0.1, -0.05) is 0 Å².